The Morgan fingerprint density at radius 3 is 2.43 bits per heavy atom. The summed E-state index contributed by atoms with van der Waals surface area (Å²) in [6, 6.07) is 17.0. The summed E-state index contributed by atoms with van der Waals surface area (Å²) in [5, 5.41) is 0.529. The van der Waals surface area contributed by atoms with Crippen molar-refractivity contribution in [1.29, 1.82) is 0 Å². The van der Waals surface area contributed by atoms with Crippen molar-refractivity contribution >= 4 is 16.6 Å². The number of H-pyrrole nitrogens is 1. The van der Waals surface area contributed by atoms with Gasteiger partial charge in [0.05, 0.1) is 17.4 Å². The highest BCUT2D eigenvalue weighted by atomic mass is 16.2. The van der Waals surface area contributed by atoms with Gasteiger partial charge in [0.1, 0.15) is 0 Å². The van der Waals surface area contributed by atoms with Gasteiger partial charge in [-0.05, 0) is 31.2 Å². The van der Waals surface area contributed by atoms with E-state index in [1.165, 1.54) is 4.57 Å². The molecule has 0 bridgehead atoms. The predicted octanol–water partition coefficient (Wildman–Crippen LogP) is 2.21. The molecule has 1 unspecified atom stereocenters. The van der Waals surface area contributed by atoms with Crippen molar-refractivity contribution in [1.82, 2.24) is 9.55 Å². The van der Waals surface area contributed by atoms with Crippen molar-refractivity contribution < 1.29 is 0 Å². The Bertz CT molecular complexity index is 928. The van der Waals surface area contributed by atoms with Crippen molar-refractivity contribution in [3.63, 3.8) is 0 Å². The van der Waals surface area contributed by atoms with Crippen LogP contribution in [-0.4, -0.2) is 22.6 Å². The quantitative estimate of drug-likeness (QED) is 0.804. The molecule has 0 aliphatic rings. The van der Waals surface area contributed by atoms with Crippen molar-refractivity contribution in [3.8, 4) is 0 Å². The third-order valence-electron chi connectivity index (χ3n) is 4.16. The Kier molecular flexibility index (Phi) is 4.02. The first-order valence-electron chi connectivity index (χ1n) is 7.57. The summed E-state index contributed by atoms with van der Waals surface area (Å²) in [4.78, 5) is 29.6. The van der Waals surface area contributed by atoms with E-state index in [0.717, 1.165) is 5.69 Å². The molecule has 0 radical (unpaired) electrons. The average molecular weight is 309 g/mol. The van der Waals surface area contributed by atoms with Gasteiger partial charge in [-0.3, -0.25) is 9.36 Å². The molecule has 2 aromatic carbocycles. The van der Waals surface area contributed by atoms with Crippen molar-refractivity contribution in [3.05, 3.63) is 75.4 Å². The van der Waals surface area contributed by atoms with Gasteiger partial charge < -0.3 is 9.88 Å². The van der Waals surface area contributed by atoms with Crippen LogP contribution >= 0.6 is 0 Å². The van der Waals surface area contributed by atoms with E-state index in [1.807, 2.05) is 44.3 Å². The molecule has 1 N–H and O–H groups in total. The zero-order chi connectivity index (χ0) is 16.4. The monoisotopic (exact) mass is 309 g/mol. The fraction of sp³-hybridized carbons (Fsp3) is 0.222. The van der Waals surface area contributed by atoms with Crippen LogP contribution in [0.3, 0.4) is 0 Å². The van der Waals surface area contributed by atoms with E-state index in [1.54, 1.807) is 24.3 Å². The SMILES string of the molecule is CC(Cn1c(=O)[nH]c2ccccc2c1=O)N(C)c1ccccc1. The van der Waals surface area contributed by atoms with Gasteiger partial charge in [-0.15, -0.1) is 0 Å². The Morgan fingerprint density at radius 1 is 1.04 bits per heavy atom. The van der Waals surface area contributed by atoms with Crippen molar-refractivity contribution in [2.45, 2.75) is 19.5 Å². The molecule has 0 amide bonds. The molecule has 5 nitrogen and oxygen atoms in total. The first-order valence-corrected chi connectivity index (χ1v) is 7.57. The highest BCUT2D eigenvalue weighted by Gasteiger charge is 2.14. The molecular formula is C18H19N3O2. The normalized spacial score (nSPS) is 12.3. The fourth-order valence-electron chi connectivity index (χ4n) is 2.67. The second-order valence-corrected chi connectivity index (χ2v) is 5.69. The van der Waals surface area contributed by atoms with Crippen molar-refractivity contribution in [2.75, 3.05) is 11.9 Å². The summed E-state index contributed by atoms with van der Waals surface area (Å²) in [6.45, 7) is 2.32. The summed E-state index contributed by atoms with van der Waals surface area (Å²) in [5.41, 5.74) is 0.993. The summed E-state index contributed by atoms with van der Waals surface area (Å²) < 4.78 is 1.27. The average Bonchev–Trinajstić information content (AvgIpc) is 2.58. The van der Waals surface area contributed by atoms with Crippen LogP contribution in [0.5, 0.6) is 0 Å². The predicted molar refractivity (Wildman–Crippen MR) is 93.1 cm³/mol. The fourth-order valence-corrected chi connectivity index (χ4v) is 2.67. The van der Waals surface area contributed by atoms with Gasteiger partial charge >= 0.3 is 5.69 Å². The minimum absolute atomic E-state index is 0.00244. The van der Waals surface area contributed by atoms with Gasteiger partial charge in [0.15, 0.2) is 0 Å². The lowest BCUT2D eigenvalue weighted by molar-refractivity contribution is 0.534. The third kappa shape index (κ3) is 2.90. The van der Waals surface area contributed by atoms with E-state index in [0.29, 0.717) is 17.4 Å². The second-order valence-electron chi connectivity index (χ2n) is 5.69. The maximum absolute atomic E-state index is 12.6. The highest BCUT2D eigenvalue weighted by molar-refractivity contribution is 5.76. The van der Waals surface area contributed by atoms with E-state index in [-0.39, 0.29) is 17.3 Å². The minimum Gasteiger partial charge on any atom is -0.370 e. The van der Waals surface area contributed by atoms with Crippen LogP contribution in [0, 0.1) is 0 Å². The van der Waals surface area contributed by atoms with Crippen LogP contribution in [0.2, 0.25) is 0 Å². The number of likely N-dealkylation sites (N-methyl/N-ethyl adjacent to an activating group) is 1. The molecule has 0 aliphatic heterocycles. The Hall–Kier alpha value is -2.82. The largest absolute Gasteiger partial charge is 0.370 e. The number of fused-ring (bicyclic) bond motifs is 1. The molecular weight excluding hydrogens is 290 g/mol. The molecule has 1 atom stereocenters. The van der Waals surface area contributed by atoms with Gasteiger partial charge in [0.25, 0.3) is 5.56 Å². The number of benzene rings is 2. The summed E-state index contributed by atoms with van der Waals surface area (Å²) in [7, 11) is 1.96. The number of anilines is 1. The lowest BCUT2D eigenvalue weighted by atomic mass is 10.2. The van der Waals surface area contributed by atoms with E-state index in [9.17, 15) is 9.59 Å². The van der Waals surface area contributed by atoms with Crippen LogP contribution in [0.25, 0.3) is 10.9 Å². The number of hydrogen-bond acceptors (Lipinski definition) is 3. The zero-order valence-electron chi connectivity index (χ0n) is 13.2. The highest BCUT2D eigenvalue weighted by Crippen LogP contribution is 2.14. The summed E-state index contributed by atoms with van der Waals surface area (Å²) in [6.07, 6.45) is 0. The van der Waals surface area contributed by atoms with Gasteiger partial charge in [0, 0.05) is 18.8 Å². The molecule has 0 saturated carbocycles. The van der Waals surface area contributed by atoms with Gasteiger partial charge in [-0.25, -0.2) is 4.79 Å². The van der Waals surface area contributed by atoms with E-state index in [4.69, 9.17) is 0 Å². The maximum atomic E-state index is 12.6. The zero-order valence-corrected chi connectivity index (χ0v) is 13.2. The van der Waals surface area contributed by atoms with Crippen LogP contribution in [0.4, 0.5) is 5.69 Å². The van der Waals surface area contributed by atoms with E-state index in [2.05, 4.69) is 9.88 Å². The molecule has 1 heterocycles. The smallest absolute Gasteiger partial charge is 0.328 e. The summed E-state index contributed by atoms with van der Waals surface area (Å²) >= 11 is 0. The van der Waals surface area contributed by atoms with Gasteiger partial charge in [-0.2, -0.15) is 0 Å². The number of aromatic nitrogens is 2. The molecule has 118 valence electrons. The van der Waals surface area contributed by atoms with Crippen molar-refractivity contribution in [2.24, 2.45) is 0 Å². The second kappa shape index (κ2) is 6.12. The van der Waals surface area contributed by atoms with E-state index >= 15 is 0 Å². The first kappa shape index (κ1) is 15.1. The van der Waals surface area contributed by atoms with E-state index < -0.39 is 0 Å². The van der Waals surface area contributed by atoms with Crippen LogP contribution in [0.15, 0.2) is 64.2 Å². The number of nitrogens with zero attached hydrogens (tertiary/aromatic N) is 2. The third-order valence-corrected chi connectivity index (χ3v) is 4.16. The number of hydrogen-bond donors (Lipinski definition) is 1. The Balaban J connectivity index is 1.95. The summed E-state index contributed by atoms with van der Waals surface area (Å²) in [5.74, 6) is 0. The maximum Gasteiger partial charge on any atom is 0.328 e. The number of aromatic amines is 1. The molecule has 0 aliphatic carbocycles. The molecule has 1 aromatic heterocycles. The van der Waals surface area contributed by atoms with Crippen LogP contribution < -0.4 is 16.1 Å². The minimum atomic E-state index is -0.373. The lowest BCUT2D eigenvalue weighted by Gasteiger charge is -2.27. The lowest BCUT2D eigenvalue weighted by Crippen LogP contribution is -2.42. The molecule has 0 fully saturated rings. The number of rotatable bonds is 4. The topological polar surface area (TPSA) is 58.1 Å². The molecule has 3 aromatic rings. The standard InChI is InChI=1S/C18H19N3O2/c1-13(20(2)14-8-4-3-5-9-14)12-21-17(22)15-10-6-7-11-16(15)19-18(21)23/h3-11,13H,12H2,1-2H3,(H,19,23). The van der Waals surface area contributed by atoms with Gasteiger partial charge in [-0.1, -0.05) is 30.3 Å². The molecule has 0 spiro atoms. The number of para-hydroxylation sites is 2. The Labute approximate surface area is 133 Å². The van der Waals surface area contributed by atoms with Crippen LogP contribution in [0.1, 0.15) is 6.92 Å². The Morgan fingerprint density at radius 2 is 1.70 bits per heavy atom. The molecule has 23 heavy (non-hydrogen) atoms. The van der Waals surface area contributed by atoms with Gasteiger partial charge in [0.2, 0.25) is 0 Å². The van der Waals surface area contributed by atoms with Crippen LogP contribution in [-0.2, 0) is 6.54 Å². The molecule has 5 heteroatoms. The molecule has 0 saturated heterocycles. The number of nitrogens with one attached hydrogen (secondary N) is 1. The molecule has 3 rings (SSSR count). The first-order chi connectivity index (χ1) is 11.1.